The molecule has 0 radical (unpaired) electrons. The van der Waals surface area contributed by atoms with Gasteiger partial charge in [-0.2, -0.15) is 5.10 Å². The van der Waals surface area contributed by atoms with E-state index in [-0.39, 0.29) is 0 Å². The minimum atomic E-state index is 0.985. The molecule has 0 saturated carbocycles. The van der Waals surface area contributed by atoms with E-state index in [0.29, 0.717) is 0 Å². The van der Waals surface area contributed by atoms with Crippen LogP contribution in [0.2, 0.25) is 0 Å². The van der Waals surface area contributed by atoms with Crippen molar-refractivity contribution in [3.05, 3.63) is 60.6 Å². The van der Waals surface area contributed by atoms with E-state index in [2.05, 4.69) is 27.3 Å². The number of nitrogens with one attached hydrogen (secondary N) is 1. The van der Waals surface area contributed by atoms with Gasteiger partial charge in [0.1, 0.15) is 5.69 Å². The zero-order valence-electron chi connectivity index (χ0n) is 10.1. The van der Waals surface area contributed by atoms with Gasteiger partial charge in [-0.05, 0) is 24.6 Å². The second-order valence-electron chi connectivity index (χ2n) is 4.17. The SMILES string of the molecule is Cc1[nH]nc(-c2ccccc2)c1-c1ccncc1. The topological polar surface area (TPSA) is 41.6 Å². The van der Waals surface area contributed by atoms with Crippen LogP contribution in [-0.4, -0.2) is 15.2 Å². The number of aromatic nitrogens is 3. The van der Waals surface area contributed by atoms with Crippen molar-refractivity contribution in [1.29, 1.82) is 0 Å². The van der Waals surface area contributed by atoms with Gasteiger partial charge in [0.15, 0.2) is 0 Å². The Morgan fingerprint density at radius 2 is 1.61 bits per heavy atom. The van der Waals surface area contributed by atoms with Crippen molar-refractivity contribution in [1.82, 2.24) is 15.2 Å². The molecule has 0 amide bonds. The van der Waals surface area contributed by atoms with Gasteiger partial charge >= 0.3 is 0 Å². The molecule has 0 fully saturated rings. The van der Waals surface area contributed by atoms with Crippen LogP contribution in [0, 0.1) is 6.92 Å². The van der Waals surface area contributed by atoms with Crippen LogP contribution in [0.15, 0.2) is 54.9 Å². The van der Waals surface area contributed by atoms with Gasteiger partial charge in [0.25, 0.3) is 0 Å². The smallest absolute Gasteiger partial charge is 0.100 e. The molecule has 3 rings (SSSR count). The number of pyridine rings is 1. The maximum absolute atomic E-state index is 4.42. The largest absolute Gasteiger partial charge is 0.282 e. The molecule has 0 aliphatic carbocycles. The Morgan fingerprint density at radius 3 is 2.33 bits per heavy atom. The summed E-state index contributed by atoms with van der Waals surface area (Å²) >= 11 is 0. The molecule has 1 N–H and O–H groups in total. The first-order valence-corrected chi connectivity index (χ1v) is 5.87. The predicted octanol–water partition coefficient (Wildman–Crippen LogP) is 3.45. The zero-order valence-corrected chi connectivity index (χ0v) is 10.1. The van der Waals surface area contributed by atoms with Crippen molar-refractivity contribution in [3.63, 3.8) is 0 Å². The molecule has 3 nitrogen and oxygen atoms in total. The summed E-state index contributed by atoms with van der Waals surface area (Å²) in [6.45, 7) is 2.04. The van der Waals surface area contributed by atoms with Gasteiger partial charge in [-0.3, -0.25) is 10.1 Å². The Hall–Kier alpha value is -2.42. The first kappa shape index (κ1) is 10.7. The molecule has 3 aromatic rings. The Balaban J connectivity index is 2.19. The van der Waals surface area contributed by atoms with Crippen LogP contribution in [0.5, 0.6) is 0 Å². The predicted molar refractivity (Wildman–Crippen MR) is 72.0 cm³/mol. The fourth-order valence-electron chi connectivity index (χ4n) is 2.11. The summed E-state index contributed by atoms with van der Waals surface area (Å²) in [5.41, 5.74) is 5.45. The van der Waals surface area contributed by atoms with Gasteiger partial charge in [-0.1, -0.05) is 30.3 Å². The highest BCUT2D eigenvalue weighted by molar-refractivity contribution is 5.82. The molecule has 2 aromatic heterocycles. The second-order valence-corrected chi connectivity index (χ2v) is 4.17. The molecule has 0 spiro atoms. The molecular weight excluding hydrogens is 222 g/mol. The minimum Gasteiger partial charge on any atom is -0.282 e. The van der Waals surface area contributed by atoms with E-state index in [9.17, 15) is 0 Å². The molecule has 0 saturated heterocycles. The maximum Gasteiger partial charge on any atom is 0.100 e. The average molecular weight is 235 g/mol. The van der Waals surface area contributed by atoms with E-state index in [1.165, 1.54) is 0 Å². The van der Waals surface area contributed by atoms with E-state index >= 15 is 0 Å². The highest BCUT2D eigenvalue weighted by Gasteiger charge is 2.13. The van der Waals surface area contributed by atoms with Crippen LogP contribution >= 0.6 is 0 Å². The molecule has 0 aliphatic rings. The van der Waals surface area contributed by atoms with Gasteiger partial charge in [-0.25, -0.2) is 0 Å². The Kier molecular flexibility index (Phi) is 2.65. The van der Waals surface area contributed by atoms with Gasteiger partial charge < -0.3 is 0 Å². The number of hydrogen-bond acceptors (Lipinski definition) is 2. The molecule has 1 aromatic carbocycles. The number of rotatable bonds is 2. The van der Waals surface area contributed by atoms with Crippen LogP contribution in [-0.2, 0) is 0 Å². The number of aromatic amines is 1. The molecule has 2 heterocycles. The summed E-state index contributed by atoms with van der Waals surface area (Å²) in [7, 11) is 0. The van der Waals surface area contributed by atoms with Gasteiger partial charge in [0, 0.05) is 29.2 Å². The Morgan fingerprint density at radius 1 is 0.889 bits per heavy atom. The lowest BCUT2D eigenvalue weighted by Gasteiger charge is -2.03. The quantitative estimate of drug-likeness (QED) is 0.739. The Bertz CT molecular complexity index is 642. The fourth-order valence-corrected chi connectivity index (χ4v) is 2.11. The van der Waals surface area contributed by atoms with E-state index in [1.807, 2.05) is 37.3 Å². The zero-order chi connectivity index (χ0) is 12.4. The lowest BCUT2D eigenvalue weighted by molar-refractivity contribution is 1.05. The van der Waals surface area contributed by atoms with Crippen molar-refractivity contribution in [2.45, 2.75) is 6.92 Å². The monoisotopic (exact) mass is 235 g/mol. The minimum absolute atomic E-state index is 0.985. The van der Waals surface area contributed by atoms with E-state index in [1.54, 1.807) is 12.4 Å². The van der Waals surface area contributed by atoms with Crippen LogP contribution in [0.1, 0.15) is 5.69 Å². The summed E-state index contributed by atoms with van der Waals surface area (Å²) < 4.78 is 0. The number of benzene rings is 1. The molecule has 18 heavy (non-hydrogen) atoms. The standard InChI is InChI=1S/C15H13N3/c1-11-14(12-7-9-16-10-8-12)15(18-17-11)13-5-3-2-4-6-13/h2-10H,1H3,(H,17,18). The third-order valence-electron chi connectivity index (χ3n) is 2.96. The molecule has 88 valence electrons. The number of aryl methyl sites for hydroxylation is 1. The highest BCUT2D eigenvalue weighted by atomic mass is 15.1. The third-order valence-corrected chi connectivity index (χ3v) is 2.96. The van der Waals surface area contributed by atoms with E-state index in [4.69, 9.17) is 0 Å². The maximum atomic E-state index is 4.42. The van der Waals surface area contributed by atoms with Crippen LogP contribution in [0.25, 0.3) is 22.4 Å². The van der Waals surface area contributed by atoms with Gasteiger partial charge in [0.05, 0.1) is 0 Å². The summed E-state index contributed by atoms with van der Waals surface area (Å²) in [5, 5.41) is 7.48. The van der Waals surface area contributed by atoms with Crippen molar-refractivity contribution in [2.24, 2.45) is 0 Å². The summed E-state index contributed by atoms with van der Waals surface area (Å²) in [6.07, 6.45) is 3.60. The van der Waals surface area contributed by atoms with E-state index < -0.39 is 0 Å². The number of hydrogen-bond donors (Lipinski definition) is 1. The fraction of sp³-hybridized carbons (Fsp3) is 0.0667. The van der Waals surface area contributed by atoms with Crippen molar-refractivity contribution in [2.75, 3.05) is 0 Å². The second kappa shape index (κ2) is 4.45. The number of nitrogens with zero attached hydrogens (tertiary/aromatic N) is 2. The molecule has 0 atom stereocenters. The summed E-state index contributed by atoms with van der Waals surface area (Å²) in [4.78, 5) is 4.06. The van der Waals surface area contributed by atoms with Gasteiger partial charge in [0.2, 0.25) is 0 Å². The summed E-state index contributed by atoms with van der Waals surface area (Å²) in [5.74, 6) is 0. The van der Waals surface area contributed by atoms with E-state index in [0.717, 1.165) is 28.1 Å². The highest BCUT2D eigenvalue weighted by Crippen LogP contribution is 2.32. The first-order chi connectivity index (χ1) is 8.86. The molecule has 0 aliphatic heterocycles. The van der Waals surface area contributed by atoms with Crippen molar-refractivity contribution >= 4 is 0 Å². The average Bonchev–Trinajstić information content (AvgIpc) is 2.83. The molecule has 0 unspecified atom stereocenters. The molecule has 3 heteroatoms. The van der Waals surface area contributed by atoms with Crippen LogP contribution in [0.3, 0.4) is 0 Å². The Labute approximate surface area is 106 Å². The third kappa shape index (κ3) is 1.80. The molecule has 0 bridgehead atoms. The lowest BCUT2D eigenvalue weighted by atomic mass is 10.0. The summed E-state index contributed by atoms with van der Waals surface area (Å²) in [6, 6.07) is 14.2. The van der Waals surface area contributed by atoms with Crippen molar-refractivity contribution in [3.8, 4) is 22.4 Å². The molecular formula is C15H13N3. The van der Waals surface area contributed by atoms with Crippen LogP contribution < -0.4 is 0 Å². The normalized spacial score (nSPS) is 10.5. The van der Waals surface area contributed by atoms with Crippen molar-refractivity contribution < 1.29 is 0 Å². The lowest BCUT2D eigenvalue weighted by Crippen LogP contribution is -1.84. The first-order valence-electron chi connectivity index (χ1n) is 5.87. The van der Waals surface area contributed by atoms with Crippen LogP contribution in [0.4, 0.5) is 0 Å². The number of H-pyrrole nitrogens is 1. The van der Waals surface area contributed by atoms with Gasteiger partial charge in [-0.15, -0.1) is 0 Å².